The van der Waals surface area contributed by atoms with E-state index in [1.807, 2.05) is 0 Å². The van der Waals surface area contributed by atoms with Gasteiger partial charge in [-0.05, 0) is 85.5 Å². The van der Waals surface area contributed by atoms with E-state index in [-0.39, 0.29) is 46.3 Å². The number of carbonyl (C=O) groups is 3. The van der Waals surface area contributed by atoms with E-state index >= 15 is 0 Å². The van der Waals surface area contributed by atoms with Crippen LogP contribution in [0.25, 0.3) is 5.52 Å². The fourth-order valence-corrected chi connectivity index (χ4v) is 4.92. The summed E-state index contributed by atoms with van der Waals surface area (Å²) in [7, 11) is 0. The molecule has 8 heteroatoms. The Kier molecular flexibility index (Phi) is 5.65. The van der Waals surface area contributed by atoms with Crippen molar-refractivity contribution in [3.8, 4) is 0 Å². The predicted octanol–water partition coefficient (Wildman–Crippen LogP) is 3.91. The first-order chi connectivity index (χ1) is 15.6. The zero-order valence-corrected chi connectivity index (χ0v) is 19.1. The Balaban J connectivity index is 1.45. The van der Waals surface area contributed by atoms with E-state index < -0.39 is 5.97 Å². The lowest BCUT2D eigenvalue weighted by Crippen LogP contribution is -2.24. The monoisotopic (exact) mass is 495 g/mol. The van der Waals surface area contributed by atoms with Crippen LogP contribution in [-0.2, 0) is 4.74 Å². The van der Waals surface area contributed by atoms with Crippen LogP contribution in [0.15, 0.2) is 41.1 Å². The Morgan fingerprint density at radius 3 is 2.72 bits per heavy atom. The lowest BCUT2D eigenvalue weighted by molar-refractivity contribution is 0.0495. The van der Waals surface area contributed by atoms with Gasteiger partial charge in [0.05, 0.1) is 28.8 Å². The van der Waals surface area contributed by atoms with E-state index in [0.717, 1.165) is 36.9 Å². The van der Waals surface area contributed by atoms with Crippen molar-refractivity contribution in [3.63, 3.8) is 0 Å². The second kappa shape index (κ2) is 8.60. The summed E-state index contributed by atoms with van der Waals surface area (Å²) in [5.74, 6) is -1.35. The highest BCUT2D eigenvalue weighted by molar-refractivity contribution is 9.10. The number of halogens is 1. The molecule has 32 heavy (non-hydrogen) atoms. The smallest absolute Gasteiger partial charge is 0.341 e. The van der Waals surface area contributed by atoms with Gasteiger partial charge < -0.3 is 14.0 Å². The molecule has 0 spiro atoms. The third kappa shape index (κ3) is 3.57. The summed E-state index contributed by atoms with van der Waals surface area (Å²) >= 11 is 3.41. The molecular weight excluding hydrogens is 474 g/mol. The summed E-state index contributed by atoms with van der Waals surface area (Å²) in [6.07, 6.45) is 7.37. The van der Waals surface area contributed by atoms with Gasteiger partial charge in [-0.15, -0.1) is 0 Å². The number of aromatic nitrogens is 2. The Bertz CT molecular complexity index is 1240. The van der Waals surface area contributed by atoms with E-state index in [1.165, 1.54) is 19.0 Å². The molecule has 0 aromatic carbocycles. The zero-order chi connectivity index (χ0) is 22.2. The number of ether oxygens (including phenoxy) is 1. The molecule has 0 amide bonds. The molecule has 1 fully saturated rings. The number of nitrogens with zero attached hydrogens (tertiary/aromatic N) is 3. The molecule has 1 aliphatic carbocycles. The number of pyridine rings is 2. The summed E-state index contributed by atoms with van der Waals surface area (Å²) in [4.78, 5) is 46.2. The van der Waals surface area contributed by atoms with Crippen LogP contribution in [0.2, 0.25) is 0 Å². The Morgan fingerprint density at radius 2 is 1.91 bits per heavy atom. The minimum Gasteiger partial charge on any atom is -0.462 e. The van der Waals surface area contributed by atoms with Gasteiger partial charge in [0, 0.05) is 16.9 Å². The van der Waals surface area contributed by atoms with Crippen LogP contribution in [0.5, 0.6) is 0 Å². The molecule has 0 atom stereocenters. The molecule has 164 valence electrons. The predicted molar refractivity (Wildman–Crippen MR) is 121 cm³/mol. The lowest BCUT2D eigenvalue weighted by Gasteiger charge is -2.15. The minimum atomic E-state index is -0.583. The Hall–Kier alpha value is -2.84. The standard InChI is InChI=1S/C24H22BrN3O4/c25-15-7-8-17-18(24(31)32-13-4-3-12-27-10-1-2-11-27)19-21(28(17)14-15)23(30)20-16(22(19)29)6-5-9-26-20/h5-9,14H,1-4,10-13H2. The lowest BCUT2D eigenvalue weighted by atomic mass is 9.89. The van der Waals surface area contributed by atoms with Crippen LogP contribution >= 0.6 is 15.9 Å². The highest BCUT2D eigenvalue weighted by Gasteiger charge is 2.39. The molecule has 1 aliphatic heterocycles. The van der Waals surface area contributed by atoms with Gasteiger partial charge in [-0.25, -0.2) is 4.79 Å². The van der Waals surface area contributed by atoms with Gasteiger partial charge in [0.2, 0.25) is 5.78 Å². The van der Waals surface area contributed by atoms with Crippen molar-refractivity contribution in [1.29, 1.82) is 0 Å². The fraction of sp³-hybridized carbons (Fsp3) is 0.333. The maximum atomic E-state index is 13.3. The van der Waals surface area contributed by atoms with Crippen LogP contribution in [0, 0.1) is 0 Å². The van der Waals surface area contributed by atoms with Crippen molar-refractivity contribution >= 4 is 39.0 Å². The molecular formula is C24H22BrN3O4. The quantitative estimate of drug-likeness (QED) is 0.298. The highest BCUT2D eigenvalue weighted by Crippen LogP contribution is 2.34. The normalized spacial score (nSPS) is 15.8. The molecule has 7 nitrogen and oxygen atoms in total. The molecule has 4 heterocycles. The van der Waals surface area contributed by atoms with Gasteiger partial charge in [0.15, 0.2) is 5.78 Å². The molecule has 1 saturated heterocycles. The number of hydrogen-bond acceptors (Lipinski definition) is 6. The van der Waals surface area contributed by atoms with Crippen LogP contribution in [0.3, 0.4) is 0 Å². The number of unbranched alkanes of at least 4 members (excludes halogenated alkanes) is 1. The summed E-state index contributed by atoms with van der Waals surface area (Å²) in [6, 6.07) is 6.66. The molecule has 3 aromatic rings. The SMILES string of the molecule is O=C1c2cccnc2C(=O)c2c1c(C(=O)OCCCCN1CCCC1)c1ccc(Br)cn21. The Labute approximate surface area is 193 Å². The number of rotatable bonds is 6. The van der Waals surface area contributed by atoms with Crippen molar-refractivity contribution in [3.05, 3.63) is 69.2 Å². The maximum Gasteiger partial charge on any atom is 0.341 e. The van der Waals surface area contributed by atoms with Crippen molar-refractivity contribution in [2.75, 3.05) is 26.2 Å². The first-order valence-corrected chi connectivity index (χ1v) is 11.6. The van der Waals surface area contributed by atoms with Gasteiger partial charge in [-0.3, -0.25) is 14.6 Å². The largest absolute Gasteiger partial charge is 0.462 e. The highest BCUT2D eigenvalue weighted by atomic mass is 79.9. The van der Waals surface area contributed by atoms with E-state index in [0.29, 0.717) is 5.52 Å². The second-order valence-electron chi connectivity index (χ2n) is 8.15. The topological polar surface area (TPSA) is 81.0 Å². The van der Waals surface area contributed by atoms with Gasteiger partial charge in [0.1, 0.15) is 11.4 Å². The number of fused-ring (bicyclic) bond motifs is 4. The number of esters is 1. The van der Waals surface area contributed by atoms with Gasteiger partial charge >= 0.3 is 5.97 Å². The number of ketones is 2. The molecule has 0 saturated carbocycles. The average molecular weight is 496 g/mol. The summed E-state index contributed by atoms with van der Waals surface area (Å²) in [6.45, 7) is 3.57. The number of hydrogen-bond donors (Lipinski definition) is 0. The van der Waals surface area contributed by atoms with Crippen LogP contribution in [0.1, 0.15) is 68.1 Å². The molecule has 0 unspecified atom stereocenters. The summed E-state index contributed by atoms with van der Waals surface area (Å²) in [5, 5.41) is 0. The molecule has 3 aromatic heterocycles. The third-order valence-electron chi connectivity index (χ3n) is 6.11. The first-order valence-electron chi connectivity index (χ1n) is 10.8. The summed E-state index contributed by atoms with van der Waals surface area (Å²) in [5.41, 5.74) is 1.16. The Morgan fingerprint density at radius 1 is 1.09 bits per heavy atom. The van der Waals surface area contributed by atoms with E-state index in [1.54, 1.807) is 34.9 Å². The zero-order valence-electron chi connectivity index (χ0n) is 17.5. The first kappa shape index (κ1) is 21.0. The average Bonchev–Trinajstić information content (AvgIpc) is 3.43. The minimum absolute atomic E-state index is 0.0932. The number of carbonyl (C=O) groups excluding carboxylic acids is 3. The molecule has 0 bridgehead atoms. The third-order valence-corrected chi connectivity index (χ3v) is 6.58. The fourth-order valence-electron chi connectivity index (χ4n) is 4.58. The van der Waals surface area contributed by atoms with E-state index in [2.05, 4.69) is 25.8 Å². The van der Waals surface area contributed by atoms with Gasteiger partial charge in [0.25, 0.3) is 0 Å². The van der Waals surface area contributed by atoms with E-state index in [4.69, 9.17) is 4.74 Å². The van der Waals surface area contributed by atoms with E-state index in [9.17, 15) is 14.4 Å². The molecule has 5 rings (SSSR count). The molecule has 2 aliphatic rings. The van der Waals surface area contributed by atoms with Crippen molar-refractivity contribution in [1.82, 2.24) is 14.3 Å². The van der Waals surface area contributed by atoms with Crippen LogP contribution < -0.4 is 0 Å². The van der Waals surface area contributed by atoms with Gasteiger partial charge in [-0.2, -0.15) is 0 Å². The van der Waals surface area contributed by atoms with Gasteiger partial charge in [-0.1, -0.05) is 0 Å². The maximum absolute atomic E-state index is 13.3. The van der Waals surface area contributed by atoms with Crippen LogP contribution in [0.4, 0.5) is 0 Å². The van der Waals surface area contributed by atoms with Crippen molar-refractivity contribution in [2.24, 2.45) is 0 Å². The second-order valence-corrected chi connectivity index (χ2v) is 9.07. The van der Waals surface area contributed by atoms with Crippen molar-refractivity contribution < 1.29 is 19.1 Å². The summed E-state index contributed by atoms with van der Waals surface area (Å²) < 4.78 is 7.87. The van der Waals surface area contributed by atoms with Crippen molar-refractivity contribution in [2.45, 2.75) is 25.7 Å². The molecule has 0 radical (unpaired) electrons. The number of likely N-dealkylation sites (tertiary alicyclic amines) is 1. The van der Waals surface area contributed by atoms with Crippen LogP contribution in [-0.4, -0.2) is 58.1 Å². The molecule has 0 N–H and O–H groups in total.